The van der Waals surface area contributed by atoms with Gasteiger partial charge in [-0.1, -0.05) is 13.8 Å². The predicted octanol–water partition coefficient (Wildman–Crippen LogP) is -0.116. The van der Waals surface area contributed by atoms with Gasteiger partial charge in [-0.3, -0.25) is 4.79 Å². The van der Waals surface area contributed by atoms with E-state index in [2.05, 4.69) is 39.2 Å². The lowest BCUT2D eigenvalue weighted by Crippen LogP contribution is -2.36. The second-order valence-corrected chi connectivity index (χ2v) is 5.35. The van der Waals surface area contributed by atoms with Gasteiger partial charge in [0.1, 0.15) is 12.4 Å². The molecule has 0 fully saturated rings. The summed E-state index contributed by atoms with van der Waals surface area (Å²) in [5.41, 5.74) is 0. The van der Waals surface area contributed by atoms with Crippen LogP contribution in [-0.4, -0.2) is 47.5 Å². The molecule has 2 heterocycles. The number of rotatable bonds is 5. The van der Waals surface area contributed by atoms with Crippen LogP contribution in [0.25, 0.3) is 0 Å². The zero-order valence-corrected chi connectivity index (χ0v) is 12.3. The quantitative estimate of drug-likeness (QED) is 0.786. The summed E-state index contributed by atoms with van der Waals surface area (Å²) in [6.07, 6.45) is 0.865. The summed E-state index contributed by atoms with van der Waals surface area (Å²) in [5, 5.41) is 14.9. The number of hydrogen-bond donors (Lipinski definition) is 2. The largest absolute Gasteiger partial charge is 0.375 e. The summed E-state index contributed by atoms with van der Waals surface area (Å²) in [7, 11) is 1.51. The van der Waals surface area contributed by atoms with Crippen LogP contribution in [0, 0.1) is 5.92 Å². The smallest absolute Gasteiger partial charge is 0.246 e. The van der Waals surface area contributed by atoms with Gasteiger partial charge in [0.2, 0.25) is 5.91 Å². The average Bonchev–Trinajstić information content (AvgIpc) is 2.65. The van der Waals surface area contributed by atoms with Crippen LogP contribution in [0.1, 0.15) is 31.5 Å². The Kier molecular flexibility index (Phi) is 5.08. The van der Waals surface area contributed by atoms with Gasteiger partial charge in [-0.2, -0.15) is 0 Å². The first kappa shape index (κ1) is 14.9. The lowest BCUT2D eigenvalue weighted by molar-refractivity contribution is -0.125. The SMILES string of the molecule is COCC(=O)N[C@H](c1nnc2n1CCNCC2)C(C)C. The van der Waals surface area contributed by atoms with E-state index in [0.29, 0.717) is 0 Å². The maximum atomic E-state index is 11.8. The van der Waals surface area contributed by atoms with Crippen molar-refractivity contribution in [1.82, 2.24) is 25.4 Å². The maximum absolute atomic E-state index is 11.8. The van der Waals surface area contributed by atoms with E-state index in [4.69, 9.17) is 4.74 Å². The summed E-state index contributed by atoms with van der Waals surface area (Å²) in [5.74, 6) is 1.93. The van der Waals surface area contributed by atoms with Crippen LogP contribution >= 0.6 is 0 Å². The molecule has 1 atom stereocenters. The zero-order chi connectivity index (χ0) is 14.5. The number of amides is 1. The van der Waals surface area contributed by atoms with Crippen molar-refractivity contribution < 1.29 is 9.53 Å². The third kappa shape index (κ3) is 3.34. The predicted molar refractivity (Wildman–Crippen MR) is 74.2 cm³/mol. The fraction of sp³-hybridized carbons (Fsp3) is 0.769. The highest BCUT2D eigenvalue weighted by Crippen LogP contribution is 2.21. The molecule has 1 aromatic heterocycles. The average molecular weight is 281 g/mol. The normalized spacial score (nSPS) is 16.6. The van der Waals surface area contributed by atoms with Crippen molar-refractivity contribution in [3.63, 3.8) is 0 Å². The minimum Gasteiger partial charge on any atom is -0.375 e. The molecule has 7 heteroatoms. The Morgan fingerprint density at radius 3 is 2.95 bits per heavy atom. The Bertz CT molecular complexity index is 458. The molecule has 1 amide bonds. The minimum atomic E-state index is -0.142. The number of hydrogen-bond acceptors (Lipinski definition) is 5. The number of carbonyl (C=O) groups excluding carboxylic acids is 1. The number of methoxy groups -OCH3 is 1. The molecule has 0 aromatic carbocycles. The molecule has 20 heavy (non-hydrogen) atoms. The van der Waals surface area contributed by atoms with Gasteiger partial charge in [0.05, 0.1) is 6.04 Å². The summed E-state index contributed by atoms with van der Waals surface area (Å²) in [6.45, 7) is 6.84. The van der Waals surface area contributed by atoms with Gasteiger partial charge in [0, 0.05) is 33.2 Å². The summed E-state index contributed by atoms with van der Waals surface area (Å²) in [4.78, 5) is 11.8. The molecule has 1 aliphatic heterocycles. The number of aromatic nitrogens is 3. The van der Waals surface area contributed by atoms with Crippen LogP contribution in [0.4, 0.5) is 0 Å². The van der Waals surface area contributed by atoms with E-state index >= 15 is 0 Å². The molecular weight excluding hydrogens is 258 g/mol. The van der Waals surface area contributed by atoms with Gasteiger partial charge in [-0.15, -0.1) is 10.2 Å². The molecular formula is C13H23N5O2. The molecule has 0 aliphatic carbocycles. The van der Waals surface area contributed by atoms with Gasteiger partial charge >= 0.3 is 0 Å². The summed E-state index contributed by atoms with van der Waals surface area (Å²) in [6, 6.07) is -0.142. The summed E-state index contributed by atoms with van der Waals surface area (Å²) < 4.78 is 6.99. The van der Waals surface area contributed by atoms with Crippen molar-refractivity contribution >= 4 is 5.91 Å². The van der Waals surface area contributed by atoms with Crippen molar-refractivity contribution in [2.24, 2.45) is 5.92 Å². The molecule has 1 aliphatic rings. The fourth-order valence-corrected chi connectivity index (χ4v) is 2.40. The first-order valence-corrected chi connectivity index (χ1v) is 7.04. The molecule has 1 aromatic rings. The van der Waals surface area contributed by atoms with Crippen LogP contribution in [0.2, 0.25) is 0 Å². The third-order valence-corrected chi connectivity index (χ3v) is 3.43. The van der Waals surface area contributed by atoms with E-state index in [1.165, 1.54) is 7.11 Å². The highest BCUT2D eigenvalue weighted by Gasteiger charge is 2.26. The van der Waals surface area contributed by atoms with Crippen molar-refractivity contribution in [2.45, 2.75) is 32.9 Å². The Morgan fingerprint density at radius 2 is 2.25 bits per heavy atom. The molecule has 0 unspecified atom stereocenters. The standard InChI is InChI=1S/C13H23N5O2/c1-9(2)12(15-11(19)8-20-3)13-17-16-10-4-5-14-6-7-18(10)13/h9,12,14H,4-8H2,1-3H3,(H,15,19)/t12-/m0/s1. The van der Waals surface area contributed by atoms with E-state index in [-0.39, 0.29) is 24.5 Å². The van der Waals surface area contributed by atoms with Crippen molar-refractivity contribution in [3.05, 3.63) is 11.6 Å². The fourth-order valence-electron chi connectivity index (χ4n) is 2.40. The first-order chi connectivity index (χ1) is 9.63. The van der Waals surface area contributed by atoms with Gasteiger partial charge < -0.3 is 19.9 Å². The second kappa shape index (κ2) is 6.81. The molecule has 0 radical (unpaired) electrons. The van der Waals surface area contributed by atoms with Gasteiger partial charge in [0.15, 0.2) is 5.82 Å². The number of carbonyl (C=O) groups is 1. The highest BCUT2D eigenvalue weighted by atomic mass is 16.5. The summed E-state index contributed by atoms with van der Waals surface area (Å²) >= 11 is 0. The molecule has 0 spiro atoms. The van der Waals surface area contributed by atoms with E-state index in [1.807, 2.05) is 0 Å². The highest BCUT2D eigenvalue weighted by molar-refractivity contribution is 5.77. The number of ether oxygens (including phenoxy) is 1. The van der Waals surface area contributed by atoms with Crippen LogP contribution in [-0.2, 0) is 22.5 Å². The number of fused-ring (bicyclic) bond motifs is 1. The van der Waals surface area contributed by atoms with Gasteiger partial charge in [-0.25, -0.2) is 0 Å². The van der Waals surface area contributed by atoms with Crippen LogP contribution < -0.4 is 10.6 Å². The number of nitrogens with one attached hydrogen (secondary N) is 2. The molecule has 2 rings (SSSR count). The van der Waals surface area contributed by atoms with E-state index in [0.717, 1.165) is 37.7 Å². The van der Waals surface area contributed by atoms with Crippen molar-refractivity contribution in [3.8, 4) is 0 Å². The second-order valence-electron chi connectivity index (χ2n) is 5.35. The first-order valence-electron chi connectivity index (χ1n) is 7.04. The molecule has 0 bridgehead atoms. The topological polar surface area (TPSA) is 81.1 Å². The van der Waals surface area contributed by atoms with Crippen molar-refractivity contribution in [2.75, 3.05) is 26.8 Å². The Balaban J connectivity index is 2.21. The monoisotopic (exact) mass is 281 g/mol. The van der Waals surface area contributed by atoms with Crippen LogP contribution in [0.5, 0.6) is 0 Å². The van der Waals surface area contributed by atoms with Gasteiger partial charge in [0.25, 0.3) is 0 Å². The Hall–Kier alpha value is -1.47. The van der Waals surface area contributed by atoms with E-state index < -0.39 is 0 Å². The molecule has 0 saturated heterocycles. The zero-order valence-electron chi connectivity index (χ0n) is 12.3. The molecule has 112 valence electrons. The van der Waals surface area contributed by atoms with Crippen LogP contribution in [0.3, 0.4) is 0 Å². The third-order valence-electron chi connectivity index (χ3n) is 3.43. The molecule has 7 nitrogen and oxygen atoms in total. The Morgan fingerprint density at radius 1 is 1.45 bits per heavy atom. The molecule has 0 saturated carbocycles. The minimum absolute atomic E-state index is 0.0613. The Labute approximate surface area is 119 Å². The lowest BCUT2D eigenvalue weighted by Gasteiger charge is -2.22. The maximum Gasteiger partial charge on any atom is 0.246 e. The van der Waals surface area contributed by atoms with E-state index in [9.17, 15) is 4.79 Å². The number of nitrogens with zero attached hydrogens (tertiary/aromatic N) is 3. The van der Waals surface area contributed by atoms with E-state index in [1.54, 1.807) is 0 Å². The molecule has 2 N–H and O–H groups in total. The van der Waals surface area contributed by atoms with Gasteiger partial charge in [-0.05, 0) is 5.92 Å². The van der Waals surface area contributed by atoms with Crippen molar-refractivity contribution in [1.29, 1.82) is 0 Å². The van der Waals surface area contributed by atoms with Crippen LogP contribution in [0.15, 0.2) is 0 Å². The lowest BCUT2D eigenvalue weighted by atomic mass is 10.0.